The van der Waals surface area contributed by atoms with Crippen molar-refractivity contribution in [3.05, 3.63) is 40.2 Å². The highest BCUT2D eigenvalue weighted by atomic mass is 32.2. The lowest BCUT2D eigenvalue weighted by atomic mass is 10.3. The largest absolute Gasteiger partial charge is 0.451 e. The Hall–Kier alpha value is -2.63. The van der Waals surface area contributed by atoms with E-state index >= 15 is 0 Å². The van der Waals surface area contributed by atoms with Gasteiger partial charge in [-0.3, -0.25) is 25.3 Å². The molecule has 12 heteroatoms. The van der Waals surface area contributed by atoms with E-state index in [1.54, 1.807) is 5.10 Å². The number of thioether (sulfide) groups is 1. The quantitative estimate of drug-likeness (QED) is 0.481. The average molecular weight is 361 g/mol. The molecule has 0 spiro atoms. The van der Waals surface area contributed by atoms with Crippen molar-refractivity contribution < 1.29 is 22.9 Å². The number of carbonyl (C=O) groups is 1. The predicted molar refractivity (Wildman–Crippen MR) is 78.4 cm³/mol. The first-order chi connectivity index (χ1) is 11.2. The number of anilines is 1. The number of hydrogen-bond donors (Lipinski definition) is 2. The van der Waals surface area contributed by atoms with Crippen LogP contribution in [0.5, 0.6) is 0 Å². The summed E-state index contributed by atoms with van der Waals surface area (Å²) in [5.74, 6) is -2.40. The molecule has 0 fully saturated rings. The zero-order chi connectivity index (χ0) is 17.9. The van der Waals surface area contributed by atoms with Gasteiger partial charge in [0.25, 0.3) is 5.69 Å². The van der Waals surface area contributed by atoms with Gasteiger partial charge in [0, 0.05) is 17.0 Å². The van der Waals surface area contributed by atoms with Crippen molar-refractivity contribution in [2.45, 2.75) is 23.2 Å². The Kier molecular flexibility index (Phi) is 5.07. The number of nitrogens with one attached hydrogen (secondary N) is 2. The zero-order valence-corrected chi connectivity index (χ0v) is 12.8. The van der Waals surface area contributed by atoms with Crippen molar-refractivity contribution in [2.24, 2.45) is 0 Å². The van der Waals surface area contributed by atoms with Gasteiger partial charge in [-0.1, -0.05) is 0 Å². The van der Waals surface area contributed by atoms with E-state index < -0.39 is 34.0 Å². The summed E-state index contributed by atoms with van der Waals surface area (Å²) in [5.41, 5.74) is -0.0862. The lowest BCUT2D eigenvalue weighted by molar-refractivity contribution is -0.384. The number of nitro benzene ring substituents is 1. The zero-order valence-electron chi connectivity index (χ0n) is 12.0. The number of benzene rings is 1. The molecular weight excluding hydrogens is 351 g/mol. The lowest BCUT2D eigenvalue weighted by Crippen LogP contribution is -2.23. The molecule has 1 atom stereocenters. The number of non-ortho nitro benzene ring substituents is 1. The van der Waals surface area contributed by atoms with E-state index in [-0.39, 0.29) is 5.69 Å². The van der Waals surface area contributed by atoms with Gasteiger partial charge >= 0.3 is 6.18 Å². The Bertz CT molecular complexity index is 747. The Balaban J connectivity index is 1.97. The number of nitro groups is 1. The van der Waals surface area contributed by atoms with Crippen LogP contribution >= 0.6 is 11.8 Å². The van der Waals surface area contributed by atoms with Gasteiger partial charge in [0.2, 0.25) is 17.7 Å². The molecule has 0 aliphatic rings. The summed E-state index contributed by atoms with van der Waals surface area (Å²) in [6, 6.07) is 5.53. The van der Waals surface area contributed by atoms with Gasteiger partial charge in [0.05, 0.1) is 10.2 Å². The topological polar surface area (TPSA) is 114 Å². The van der Waals surface area contributed by atoms with Gasteiger partial charge in [-0.05, 0) is 19.1 Å². The molecule has 0 aliphatic carbocycles. The van der Waals surface area contributed by atoms with Gasteiger partial charge in [0.15, 0.2) is 0 Å². The average Bonchev–Trinajstić information content (AvgIpc) is 2.96. The van der Waals surface area contributed by atoms with Crippen LogP contribution in [0.2, 0.25) is 0 Å². The number of halogens is 3. The molecule has 1 aromatic carbocycles. The minimum absolute atomic E-state index is 0.0862. The van der Waals surface area contributed by atoms with Crippen molar-refractivity contribution >= 4 is 29.3 Å². The Labute approximate surface area is 137 Å². The molecule has 0 saturated carbocycles. The number of nitrogens with zero attached hydrogens (tertiary/aromatic N) is 3. The van der Waals surface area contributed by atoms with E-state index in [0.29, 0.717) is 4.90 Å². The van der Waals surface area contributed by atoms with Crippen LogP contribution in [-0.2, 0) is 11.0 Å². The summed E-state index contributed by atoms with van der Waals surface area (Å²) in [4.78, 5) is 25.7. The molecule has 2 rings (SSSR count). The molecule has 1 heterocycles. The smallest absolute Gasteiger partial charge is 0.292 e. The van der Waals surface area contributed by atoms with Gasteiger partial charge in [-0.2, -0.15) is 18.2 Å². The highest BCUT2D eigenvalue weighted by Crippen LogP contribution is 2.27. The Morgan fingerprint density at radius 2 is 2.00 bits per heavy atom. The molecule has 1 amide bonds. The third-order valence-corrected chi connectivity index (χ3v) is 3.83. The fraction of sp³-hybridized carbons (Fsp3) is 0.250. The van der Waals surface area contributed by atoms with E-state index in [1.807, 2.05) is 0 Å². The summed E-state index contributed by atoms with van der Waals surface area (Å²) in [6.07, 6.45) is -4.69. The second kappa shape index (κ2) is 6.86. The monoisotopic (exact) mass is 361 g/mol. The van der Waals surface area contributed by atoms with Crippen LogP contribution < -0.4 is 5.32 Å². The van der Waals surface area contributed by atoms with Crippen molar-refractivity contribution in [2.75, 3.05) is 5.32 Å². The number of rotatable bonds is 5. The molecule has 0 aliphatic heterocycles. The number of alkyl halides is 3. The first-order valence-electron chi connectivity index (χ1n) is 6.38. The molecule has 128 valence electrons. The molecule has 0 saturated heterocycles. The number of hydrogen-bond acceptors (Lipinski definition) is 6. The second-order valence-electron chi connectivity index (χ2n) is 4.51. The highest BCUT2D eigenvalue weighted by molar-refractivity contribution is 8.00. The van der Waals surface area contributed by atoms with Crippen molar-refractivity contribution in [3.63, 3.8) is 0 Å². The van der Waals surface area contributed by atoms with Crippen LogP contribution in [0.3, 0.4) is 0 Å². The molecule has 0 bridgehead atoms. The number of aromatic amines is 1. The van der Waals surface area contributed by atoms with Crippen molar-refractivity contribution in [1.29, 1.82) is 0 Å². The number of H-pyrrole nitrogens is 1. The van der Waals surface area contributed by atoms with Gasteiger partial charge in [-0.15, -0.1) is 16.9 Å². The maximum Gasteiger partial charge on any atom is 0.451 e. The molecule has 2 aromatic rings. The van der Waals surface area contributed by atoms with Crippen LogP contribution in [-0.4, -0.2) is 31.3 Å². The summed E-state index contributed by atoms with van der Waals surface area (Å²) >= 11 is 1.08. The molecule has 2 N–H and O–H groups in total. The minimum atomic E-state index is -4.69. The van der Waals surface area contributed by atoms with E-state index in [2.05, 4.69) is 15.4 Å². The van der Waals surface area contributed by atoms with Gasteiger partial charge in [0.1, 0.15) is 0 Å². The van der Waals surface area contributed by atoms with Gasteiger partial charge < -0.3 is 0 Å². The molecule has 8 nitrogen and oxygen atoms in total. The van der Waals surface area contributed by atoms with Crippen LogP contribution in [0.4, 0.5) is 24.8 Å². The summed E-state index contributed by atoms with van der Waals surface area (Å²) < 4.78 is 37.1. The van der Waals surface area contributed by atoms with E-state index in [9.17, 15) is 28.1 Å². The first kappa shape index (κ1) is 17.7. The van der Waals surface area contributed by atoms with Crippen molar-refractivity contribution in [3.8, 4) is 0 Å². The summed E-state index contributed by atoms with van der Waals surface area (Å²) in [7, 11) is 0. The van der Waals surface area contributed by atoms with E-state index in [0.717, 1.165) is 11.8 Å². The molecule has 24 heavy (non-hydrogen) atoms. The normalized spacial score (nSPS) is 12.7. The highest BCUT2D eigenvalue weighted by Gasteiger charge is 2.35. The number of amides is 1. The van der Waals surface area contributed by atoms with E-state index in [1.165, 1.54) is 31.2 Å². The third-order valence-electron chi connectivity index (χ3n) is 2.72. The molecular formula is C12H10F3N5O3S. The second-order valence-corrected chi connectivity index (χ2v) is 5.92. The van der Waals surface area contributed by atoms with Crippen LogP contribution in [0.25, 0.3) is 0 Å². The molecule has 1 unspecified atom stereocenters. The fourth-order valence-corrected chi connectivity index (χ4v) is 2.43. The third kappa shape index (κ3) is 4.44. The number of carbonyl (C=O) groups excluding carboxylic acids is 1. The summed E-state index contributed by atoms with van der Waals surface area (Å²) in [6.45, 7) is 1.53. The Morgan fingerprint density at radius 3 is 2.50 bits per heavy atom. The van der Waals surface area contributed by atoms with Crippen molar-refractivity contribution in [1.82, 2.24) is 15.2 Å². The Morgan fingerprint density at radius 1 is 1.38 bits per heavy atom. The van der Waals surface area contributed by atoms with Crippen LogP contribution in [0.15, 0.2) is 29.2 Å². The molecule has 0 radical (unpaired) electrons. The van der Waals surface area contributed by atoms with Gasteiger partial charge in [-0.25, -0.2) is 0 Å². The summed E-state index contributed by atoms with van der Waals surface area (Å²) in [5, 5.41) is 17.0. The fourth-order valence-electron chi connectivity index (χ4n) is 1.56. The van der Waals surface area contributed by atoms with Crippen LogP contribution in [0.1, 0.15) is 12.7 Å². The maximum absolute atomic E-state index is 12.4. The maximum atomic E-state index is 12.4. The van der Waals surface area contributed by atoms with Crippen LogP contribution in [0, 0.1) is 10.1 Å². The predicted octanol–water partition coefficient (Wildman–Crippen LogP) is 2.85. The number of aromatic nitrogens is 3. The minimum Gasteiger partial charge on any atom is -0.292 e. The SMILES string of the molecule is CC(Sc1ccc([N+](=O)[O-])cc1)C(=O)Nc1n[nH]c(C(F)(F)F)n1. The molecule has 1 aromatic heterocycles. The van der Waals surface area contributed by atoms with E-state index in [4.69, 9.17) is 0 Å². The first-order valence-corrected chi connectivity index (χ1v) is 7.26. The lowest BCUT2D eigenvalue weighted by Gasteiger charge is -2.09. The standard InChI is InChI=1S/C12H10F3N5O3S/c1-6(24-8-4-2-7(3-5-8)20(22)23)9(21)16-11-17-10(18-19-11)12(13,14)15/h2-6H,1H3,(H2,16,17,18,19,21).